The minimum absolute atomic E-state index is 0.0909. The lowest BCUT2D eigenvalue weighted by Crippen LogP contribution is -2.42. The Kier molecular flexibility index (Phi) is 8.49. The molecule has 0 aromatic heterocycles. The number of rotatable bonds is 10. The van der Waals surface area contributed by atoms with Gasteiger partial charge in [0.15, 0.2) is 0 Å². The van der Waals surface area contributed by atoms with E-state index >= 15 is 0 Å². The van der Waals surface area contributed by atoms with Crippen LogP contribution in [0.3, 0.4) is 0 Å². The van der Waals surface area contributed by atoms with Crippen LogP contribution < -0.4 is 10.5 Å². The van der Waals surface area contributed by atoms with Crippen molar-refractivity contribution in [2.24, 2.45) is 5.73 Å². The molecule has 2 unspecified atom stereocenters. The number of benzene rings is 2. The van der Waals surface area contributed by atoms with Crippen LogP contribution in [0, 0.1) is 0 Å². The molecule has 0 saturated heterocycles. The first-order valence-electron chi connectivity index (χ1n) is 9.33. The third-order valence-corrected chi connectivity index (χ3v) is 4.33. The Morgan fingerprint density at radius 1 is 0.964 bits per heavy atom. The molecule has 2 N–H and O–H groups in total. The summed E-state index contributed by atoms with van der Waals surface area (Å²) in [6.07, 6.45) is 1.64. The molecule has 0 bridgehead atoms. The largest absolute Gasteiger partial charge is 0.497 e. The molecule has 6 nitrogen and oxygen atoms in total. The fourth-order valence-corrected chi connectivity index (χ4v) is 2.67. The van der Waals surface area contributed by atoms with Gasteiger partial charge in [0.05, 0.1) is 13.7 Å². The second kappa shape index (κ2) is 11.1. The molecule has 2 atom stereocenters. The van der Waals surface area contributed by atoms with Crippen LogP contribution in [0.2, 0.25) is 0 Å². The number of unbranched alkanes of at least 4 members (excludes halogenated alkanes) is 1. The minimum atomic E-state index is -1.17. The zero-order valence-electron chi connectivity index (χ0n) is 16.3. The summed E-state index contributed by atoms with van der Waals surface area (Å²) in [5, 5.41) is 0. The van der Waals surface area contributed by atoms with Crippen LogP contribution in [0.15, 0.2) is 54.6 Å². The van der Waals surface area contributed by atoms with E-state index in [2.05, 4.69) is 0 Å². The fraction of sp³-hybridized carbons (Fsp3) is 0.364. The number of esters is 2. The molecule has 0 aliphatic rings. The summed E-state index contributed by atoms with van der Waals surface area (Å²) < 4.78 is 15.8. The van der Waals surface area contributed by atoms with Gasteiger partial charge >= 0.3 is 11.9 Å². The Labute approximate surface area is 165 Å². The summed E-state index contributed by atoms with van der Waals surface area (Å²) >= 11 is 0. The number of carbonyl (C=O) groups excluding carboxylic acids is 2. The van der Waals surface area contributed by atoms with Crippen molar-refractivity contribution >= 4 is 11.9 Å². The summed E-state index contributed by atoms with van der Waals surface area (Å²) in [4.78, 5) is 25.2. The highest BCUT2D eigenvalue weighted by atomic mass is 16.5. The van der Waals surface area contributed by atoms with Crippen LogP contribution in [0.25, 0.3) is 0 Å². The van der Waals surface area contributed by atoms with E-state index in [0.717, 1.165) is 18.4 Å². The maximum absolute atomic E-state index is 12.7. The molecule has 2 rings (SSSR count). The highest BCUT2D eigenvalue weighted by Gasteiger charge is 2.34. The smallest absolute Gasteiger partial charge is 0.324 e. The van der Waals surface area contributed by atoms with Crippen LogP contribution in [-0.4, -0.2) is 31.7 Å². The second-order valence-corrected chi connectivity index (χ2v) is 6.39. The van der Waals surface area contributed by atoms with Gasteiger partial charge in [-0.15, -0.1) is 0 Å². The van der Waals surface area contributed by atoms with E-state index in [1.54, 1.807) is 31.4 Å². The predicted octanol–water partition coefficient (Wildman–Crippen LogP) is 3.19. The molecule has 0 saturated carbocycles. The Morgan fingerprint density at radius 3 is 2.25 bits per heavy atom. The van der Waals surface area contributed by atoms with Crippen molar-refractivity contribution in [2.75, 3.05) is 13.7 Å². The number of ether oxygens (including phenoxy) is 3. The van der Waals surface area contributed by atoms with E-state index in [4.69, 9.17) is 19.9 Å². The van der Waals surface area contributed by atoms with Gasteiger partial charge in [0.2, 0.25) is 0 Å². The lowest BCUT2D eigenvalue weighted by molar-refractivity contribution is -0.154. The Balaban J connectivity index is 2.13. The third kappa shape index (κ3) is 6.09. The summed E-state index contributed by atoms with van der Waals surface area (Å²) in [5.74, 6) is -1.51. The van der Waals surface area contributed by atoms with Gasteiger partial charge in [0.1, 0.15) is 24.3 Å². The van der Waals surface area contributed by atoms with E-state index in [-0.39, 0.29) is 13.2 Å². The first-order valence-corrected chi connectivity index (χ1v) is 9.33. The summed E-state index contributed by atoms with van der Waals surface area (Å²) in [7, 11) is 1.55. The molecular formula is C22H27NO5. The van der Waals surface area contributed by atoms with Crippen LogP contribution in [0.5, 0.6) is 5.75 Å². The highest BCUT2D eigenvalue weighted by molar-refractivity contribution is 5.88. The molecule has 150 valence electrons. The van der Waals surface area contributed by atoms with Crippen molar-refractivity contribution in [1.29, 1.82) is 0 Å². The number of carbonyl (C=O) groups is 2. The first kappa shape index (κ1) is 21.4. The van der Waals surface area contributed by atoms with Crippen molar-refractivity contribution in [3.8, 4) is 5.75 Å². The van der Waals surface area contributed by atoms with Crippen LogP contribution in [0.1, 0.15) is 36.8 Å². The van der Waals surface area contributed by atoms with Crippen molar-refractivity contribution in [1.82, 2.24) is 0 Å². The van der Waals surface area contributed by atoms with Crippen molar-refractivity contribution in [2.45, 2.75) is 38.3 Å². The number of hydrogen-bond acceptors (Lipinski definition) is 6. The van der Waals surface area contributed by atoms with Gasteiger partial charge in [-0.1, -0.05) is 55.8 Å². The predicted molar refractivity (Wildman–Crippen MR) is 106 cm³/mol. The molecule has 0 heterocycles. The Morgan fingerprint density at radius 2 is 1.64 bits per heavy atom. The summed E-state index contributed by atoms with van der Waals surface area (Å²) in [6, 6.07) is 14.9. The maximum atomic E-state index is 12.7. The Hall–Kier alpha value is -2.86. The standard InChI is InChI=1S/C22H27NO5/c1-3-4-14-27-21(24)19(17-10-12-18(26-2)13-11-17)20(23)22(25)28-15-16-8-6-5-7-9-16/h5-13,19-20H,3-4,14-15,23H2,1-2H3. The topological polar surface area (TPSA) is 87.9 Å². The second-order valence-electron chi connectivity index (χ2n) is 6.39. The van der Waals surface area contributed by atoms with E-state index in [1.165, 1.54) is 0 Å². The monoisotopic (exact) mass is 385 g/mol. The van der Waals surface area contributed by atoms with Crippen molar-refractivity contribution in [3.63, 3.8) is 0 Å². The van der Waals surface area contributed by atoms with Crippen molar-refractivity contribution < 1.29 is 23.8 Å². The zero-order valence-corrected chi connectivity index (χ0v) is 16.3. The SMILES string of the molecule is CCCCOC(=O)C(c1ccc(OC)cc1)C(N)C(=O)OCc1ccccc1. The highest BCUT2D eigenvalue weighted by Crippen LogP contribution is 2.24. The molecular weight excluding hydrogens is 358 g/mol. The Bertz CT molecular complexity index is 745. The number of hydrogen-bond donors (Lipinski definition) is 1. The first-order chi connectivity index (χ1) is 13.6. The fourth-order valence-electron chi connectivity index (χ4n) is 2.67. The van der Waals surface area contributed by atoms with E-state index in [1.807, 2.05) is 37.3 Å². The van der Waals surface area contributed by atoms with Gasteiger partial charge in [-0.3, -0.25) is 9.59 Å². The number of nitrogens with two attached hydrogens (primary N) is 1. The molecule has 0 fully saturated rings. The number of methoxy groups -OCH3 is 1. The molecule has 0 radical (unpaired) electrons. The van der Waals surface area contributed by atoms with E-state index in [0.29, 0.717) is 11.3 Å². The minimum Gasteiger partial charge on any atom is -0.497 e. The normalized spacial score (nSPS) is 12.7. The quantitative estimate of drug-likeness (QED) is 0.499. The maximum Gasteiger partial charge on any atom is 0.324 e. The molecule has 28 heavy (non-hydrogen) atoms. The summed E-state index contributed by atoms with van der Waals surface area (Å²) in [5.41, 5.74) is 7.54. The van der Waals surface area contributed by atoms with Crippen LogP contribution >= 0.6 is 0 Å². The van der Waals surface area contributed by atoms with Gasteiger partial charge in [0.25, 0.3) is 0 Å². The lowest BCUT2D eigenvalue weighted by Gasteiger charge is -2.22. The molecule has 6 heteroatoms. The molecule has 0 spiro atoms. The average Bonchev–Trinajstić information content (AvgIpc) is 2.73. The molecule has 2 aromatic carbocycles. The van der Waals surface area contributed by atoms with Gasteiger partial charge in [0, 0.05) is 0 Å². The van der Waals surface area contributed by atoms with Crippen LogP contribution in [-0.2, 0) is 25.7 Å². The van der Waals surface area contributed by atoms with Crippen molar-refractivity contribution in [3.05, 3.63) is 65.7 Å². The molecule has 0 aliphatic heterocycles. The third-order valence-electron chi connectivity index (χ3n) is 4.33. The molecule has 2 aromatic rings. The zero-order chi connectivity index (χ0) is 20.4. The van der Waals surface area contributed by atoms with Gasteiger partial charge in [-0.25, -0.2) is 0 Å². The van der Waals surface area contributed by atoms with Gasteiger partial charge < -0.3 is 19.9 Å². The molecule has 0 amide bonds. The van der Waals surface area contributed by atoms with E-state index < -0.39 is 23.9 Å². The van der Waals surface area contributed by atoms with Gasteiger partial charge in [-0.2, -0.15) is 0 Å². The van der Waals surface area contributed by atoms with Crippen LogP contribution in [0.4, 0.5) is 0 Å². The average molecular weight is 385 g/mol. The lowest BCUT2D eigenvalue weighted by atomic mass is 9.92. The van der Waals surface area contributed by atoms with Gasteiger partial charge in [-0.05, 0) is 29.7 Å². The molecule has 0 aliphatic carbocycles. The van der Waals surface area contributed by atoms with E-state index in [9.17, 15) is 9.59 Å². The summed E-state index contributed by atoms with van der Waals surface area (Å²) in [6.45, 7) is 2.38.